The number of aryl methyl sites for hydroxylation is 1. The summed E-state index contributed by atoms with van der Waals surface area (Å²) in [4.78, 5) is 31.0. The Kier molecular flexibility index (Phi) is 6.06. The van der Waals surface area contributed by atoms with Gasteiger partial charge >= 0.3 is 0 Å². The summed E-state index contributed by atoms with van der Waals surface area (Å²) in [5.74, 6) is -1.57. The molecule has 2 N–H and O–H groups in total. The number of carbonyl (C=O) groups is 2. The Morgan fingerprint density at radius 1 is 1.08 bits per heavy atom. The lowest BCUT2D eigenvalue weighted by molar-refractivity contribution is -0.139. The monoisotopic (exact) mass is 484 g/mol. The molecule has 5 rings (SSSR count). The number of hydrogen-bond acceptors (Lipinski definition) is 4. The third-order valence-corrected chi connectivity index (χ3v) is 6.63. The van der Waals surface area contributed by atoms with Gasteiger partial charge in [-0.15, -0.1) is 0 Å². The highest BCUT2D eigenvalue weighted by molar-refractivity contribution is 6.46. The Balaban J connectivity index is 1.56. The van der Waals surface area contributed by atoms with Gasteiger partial charge in [-0.1, -0.05) is 42.0 Å². The largest absolute Gasteiger partial charge is 0.507 e. The number of H-pyrrole nitrogens is 1. The molecule has 1 unspecified atom stereocenters. The van der Waals surface area contributed by atoms with Crippen LogP contribution in [-0.4, -0.2) is 40.3 Å². The van der Waals surface area contributed by atoms with Gasteiger partial charge in [0.05, 0.1) is 18.7 Å². The molecule has 7 heteroatoms. The number of benzene rings is 3. The van der Waals surface area contributed by atoms with E-state index >= 15 is 0 Å². The third kappa shape index (κ3) is 4.13. The summed E-state index contributed by atoms with van der Waals surface area (Å²) < 4.78 is 19.5. The van der Waals surface area contributed by atoms with Crippen molar-refractivity contribution in [1.29, 1.82) is 0 Å². The number of aromatic amines is 1. The van der Waals surface area contributed by atoms with Crippen LogP contribution < -0.4 is 4.74 Å². The van der Waals surface area contributed by atoms with Crippen molar-refractivity contribution in [2.45, 2.75) is 19.4 Å². The number of methoxy groups -OCH3 is 1. The quantitative estimate of drug-likeness (QED) is 0.221. The maximum absolute atomic E-state index is 14.2. The molecule has 1 aliphatic rings. The molecule has 182 valence electrons. The highest BCUT2D eigenvalue weighted by Crippen LogP contribution is 2.40. The molecule has 1 atom stereocenters. The van der Waals surface area contributed by atoms with Crippen LogP contribution in [0, 0.1) is 12.7 Å². The zero-order chi connectivity index (χ0) is 25.4. The smallest absolute Gasteiger partial charge is 0.295 e. The van der Waals surface area contributed by atoms with Crippen LogP contribution in [0.1, 0.15) is 28.3 Å². The van der Waals surface area contributed by atoms with Gasteiger partial charge in [0.2, 0.25) is 0 Å². The van der Waals surface area contributed by atoms with E-state index in [0.717, 1.165) is 22.0 Å². The van der Waals surface area contributed by atoms with Gasteiger partial charge in [-0.2, -0.15) is 0 Å². The van der Waals surface area contributed by atoms with E-state index in [1.165, 1.54) is 23.1 Å². The Hall–Kier alpha value is -4.39. The molecule has 1 saturated heterocycles. The number of nitrogens with one attached hydrogen (secondary N) is 1. The lowest BCUT2D eigenvalue weighted by atomic mass is 9.95. The second kappa shape index (κ2) is 9.34. The Bertz CT molecular complexity index is 1500. The van der Waals surface area contributed by atoms with Crippen molar-refractivity contribution in [3.63, 3.8) is 0 Å². The minimum absolute atomic E-state index is 0.0463. The van der Waals surface area contributed by atoms with Crippen molar-refractivity contribution in [3.05, 3.63) is 107 Å². The number of fused-ring (bicyclic) bond motifs is 1. The molecule has 1 aromatic heterocycles. The van der Waals surface area contributed by atoms with E-state index in [4.69, 9.17) is 4.74 Å². The molecule has 0 spiro atoms. The Morgan fingerprint density at radius 2 is 1.86 bits per heavy atom. The van der Waals surface area contributed by atoms with Crippen LogP contribution in [0.25, 0.3) is 16.7 Å². The number of ether oxygens (including phenoxy) is 1. The molecule has 0 saturated carbocycles. The highest BCUT2D eigenvalue weighted by Gasteiger charge is 2.46. The molecule has 6 nitrogen and oxygen atoms in total. The fourth-order valence-corrected chi connectivity index (χ4v) is 4.73. The summed E-state index contributed by atoms with van der Waals surface area (Å²) >= 11 is 0. The van der Waals surface area contributed by atoms with Crippen LogP contribution in [-0.2, 0) is 16.0 Å². The van der Waals surface area contributed by atoms with Crippen molar-refractivity contribution >= 4 is 28.4 Å². The second-order valence-corrected chi connectivity index (χ2v) is 8.89. The van der Waals surface area contributed by atoms with Gasteiger partial charge in [0.1, 0.15) is 17.3 Å². The van der Waals surface area contributed by atoms with E-state index in [0.29, 0.717) is 23.3 Å². The molecule has 2 heterocycles. The predicted octanol–water partition coefficient (Wildman–Crippen LogP) is 5.29. The number of aliphatic hydroxyl groups is 1. The fraction of sp³-hybridized carbons (Fsp3) is 0.172. The average molecular weight is 485 g/mol. The molecular formula is C29H25FN2O4. The van der Waals surface area contributed by atoms with Crippen LogP contribution in [0.5, 0.6) is 5.75 Å². The van der Waals surface area contributed by atoms with E-state index in [1.54, 1.807) is 25.3 Å². The highest BCUT2D eigenvalue weighted by atomic mass is 19.1. The SMILES string of the molecule is COc1ccc2[nH]cc(CCN3C(=O)C(=O)/C(=C(\O)c4ccc(C)cc4)C3c3cccc(F)c3)c2c1. The van der Waals surface area contributed by atoms with Crippen LogP contribution in [0.15, 0.2) is 78.5 Å². The number of aromatic nitrogens is 1. The minimum Gasteiger partial charge on any atom is -0.507 e. The lowest BCUT2D eigenvalue weighted by Crippen LogP contribution is -2.31. The van der Waals surface area contributed by atoms with Gasteiger partial charge in [0, 0.05) is 29.2 Å². The lowest BCUT2D eigenvalue weighted by Gasteiger charge is -2.25. The molecule has 0 aliphatic carbocycles. The zero-order valence-corrected chi connectivity index (χ0v) is 19.9. The summed E-state index contributed by atoms with van der Waals surface area (Å²) in [6, 6.07) is 17.6. The van der Waals surface area contributed by atoms with Gasteiger partial charge in [-0.05, 0) is 54.8 Å². The molecular weight excluding hydrogens is 459 g/mol. The number of rotatable bonds is 6. The van der Waals surface area contributed by atoms with Gasteiger partial charge < -0.3 is 19.7 Å². The number of Topliss-reactive ketones (excluding diaryl/α,β-unsaturated/α-hetero) is 1. The van der Waals surface area contributed by atoms with Gasteiger partial charge in [0.15, 0.2) is 0 Å². The molecule has 1 fully saturated rings. The van der Waals surface area contributed by atoms with E-state index in [-0.39, 0.29) is 17.9 Å². The van der Waals surface area contributed by atoms with Crippen molar-refractivity contribution in [2.75, 3.05) is 13.7 Å². The average Bonchev–Trinajstić information content (AvgIpc) is 3.40. The normalized spacial score (nSPS) is 17.2. The molecule has 0 bridgehead atoms. The molecule has 4 aromatic rings. The summed E-state index contributed by atoms with van der Waals surface area (Å²) in [6.07, 6.45) is 2.31. The first-order valence-corrected chi connectivity index (χ1v) is 11.6. The summed E-state index contributed by atoms with van der Waals surface area (Å²) in [5.41, 5.74) is 3.66. The maximum Gasteiger partial charge on any atom is 0.295 e. The first-order chi connectivity index (χ1) is 17.4. The number of hydrogen-bond donors (Lipinski definition) is 2. The van der Waals surface area contributed by atoms with E-state index in [9.17, 15) is 19.1 Å². The molecule has 36 heavy (non-hydrogen) atoms. The first-order valence-electron chi connectivity index (χ1n) is 11.6. The maximum atomic E-state index is 14.2. The summed E-state index contributed by atoms with van der Waals surface area (Å²) in [6.45, 7) is 2.11. The number of nitrogens with zero attached hydrogens (tertiary/aromatic N) is 1. The second-order valence-electron chi connectivity index (χ2n) is 8.89. The van der Waals surface area contributed by atoms with Crippen molar-refractivity contribution < 1.29 is 23.8 Å². The van der Waals surface area contributed by atoms with Gasteiger partial charge in [0.25, 0.3) is 11.7 Å². The first kappa shape index (κ1) is 23.4. The van der Waals surface area contributed by atoms with Crippen molar-refractivity contribution in [1.82, 2.24) is 9.88 Å². The number of ketones is 1. The standard InChI is InChI=1S/C29H25FN2O4/c1-17-6-8-18(9-7-17)27(33)25-26(19-4-3-5-21(30)14-19)32(29(35)28(25)34)13-12-20-16-31-24-11-10-22(36-2)15-23(20)24/h3-11,14-16,26,31,33H,12-13H2,1-2H3/b27-25-. The minimum atomic E-state index is -0.915. The van der Waals surface area contributed by atoms with Crippen LogP contribution in [0.4, 0.5) is 4.39 Å². The van der Waals surface area contributed by atoms with E-state index < -0.39 is 23.5 Å². The van der Waals surface area contributed by atoms with Gasteiger partial charge in [-0.25, -0.2) is 4.39 Å². The number of amides is 1. The van der Waals surface area contributed by atoms with Crippen LogP contribution >= 0.6 is 0 Å². The van der Waals surface area contributed by atoms with E-state index in [1.807, 2.05) is 43.5 Å². The fourth-order valence-electron chi connectivity index (χ4n) is 4.73. The van der Waals surface area contributed by atoms with Crippen LogP contribution in [0.3, 0.4) is 0 Å². The predicted molar refractivity (Wildman–Crippen MR) is 135 cm³/mol. The topological polar surface area (TPSA) is 82.6 Å². The van der Waals surface area contributed by atoms with E-state index in [2.05, 4.69) is 4.98 Å². The van der Waals surface area contributed by atoms with Crippen molar-refractivity contribution in [3.8, 4) is 5.75 Å². The molecule has 1 amide bonds. The zero-order valence-electron chi connectivity index (χ0n) is 19.9. The Morgan fingerprint density at radius 3 is 2.58 bits per heavy atom. The molecule has 0 radical (unpaired) electrons. The van der Waals surface area contributed by atoms with Gasteiger partial charge in [-0.3, -0.25) is 9.59 Å². The number of halogens is 1. The number of aliphatic hydroxyl groups excluding tert-OH is 1. The number of likely N-dealkylation sites (tertiary alicyclic amines) is 1. The number of carbonyl (C=O) groups excluding carboxylic acids is 2. The van der Waals surface area contributed by atoms with Crippen LogP contribution in [0.2, 0.25) is 0 Å². The molecule has 3 aromatic carbocycles. The molecule has 1 aliphatic heterocycles. The summed E-state index contributed by atoms with van der Waals surface area (Å²) in [7, 11) is 1.60. The Labute approximate surface area is 207 Å². The van der Waals surface area contributed by atoms with Crippen molar-refractivity contribution in [2.24, 2.45) is 0 Å². The third-order valence-electron chi connectivity index (χ3n) is 6.63. The summed E-state index contributed by atoms with van der Waals surface area (Å²) in [5, 5.41) is 12.1.